The molecule has 35 heavy (non-hydrogen) atoms. The lowest BCUT2D eigenvalue weighted by molar-refractivity contribution is -0.144. The molecular weight excluding hydrogens is 489 g/mol. The van der Waals surface area contributed by atoms with E-state index in [2.05, 4.69) is 5.32 Å². The Balaban J connectivity index is 1.86. The van der Waals surface area contributed by atoms with Crippen molar-refractivity contribution in [2.75, 3.05) is 19.1 Å². The Morgan fingerprint density at radius 1 is 1.14 bits per heavy atom. The fraction of sp³-hybridized carbons (Fsp3) is 0.269. The molecule has 0 spiro atoms. The molecule has 1 aliphatic rings. The summed E-state index contributed by atoms with van der Waals surface area (Å²) in [5.74, 6) is -1.41. The third-order valence-electron chi connectivity index (χ3n) is 5.57. The lowest BCUT2D eigenvalue weighted by atomic mass is 10.0. The van der Waals surface area contributed by atoms with Crippen LogP contribution in [0.5, 0.6) is 0 Å². The van der Waals surface area contributed by atoms with Gasteiger partial charge in [0.25, 0.3) is 0 Å². The van der Waals surface area contributed by atoms with E-state index in [0.717, 1.165) is 38.9 Å². The summed E-state index contributed by atoms with van der Waals surface area (Å²) in [6.45, 7) is 3.17. The van der Waals surface area contributed by atoms with E-state index in [1.54, 1.807) is 24.5 Å². The molecule has 2 aromatic carbocycles. The summed E-state index contributed by atoms with van der Waals surface area (Å²) in [4.78, 5) is 36.8. The molecule has 0 saturated heterocycles. The maximum Gasteiger partial charge on any atom is 0.329 e. The molecule has 6 nitrogen and oxygen atoms in total. The van der Waals surface area contributed by atoms with Crippen LogP contribution in [0.4, 0.5) is 4.39 Å². The van der Waals surface area contributed by atoms with Crippen molar-refractivity contribution in [1.82, 2.24) is 5.32 Å². The molecule has 1 aliphatic carbocycles. The zero-order valence-corrected chi connectivity index (χ0v) is 21.5. The number of allylic oxidation sites excluding steroid dienone is 3. The molecule has 3 rings (SSSR count). The summed E-state index contributed by atoms with van der Waals surface area (Å²) >= 11 is 0.917. The predicted octanol–water partition coefficient (Wildman–Crippen LogP) is 4.22. The number of rotatable bonds is 8. The fourth-order valence-electron chi connectivity index (χ4n) is 3.83. The monoisotopic (exact) mass is 515 g/mol. The van der Waals surface area contributed by atoms with Gasteiger partial charge >= 0.3 is 5.97 Å². The molecule has 2 aromatic rings. The van der Waals surface area contributed by atoms with Crippen LogP contribution in [0.1, 0.15) is 37.0 Å². The zero-order chi connectivity index (χ0) is 25.7. The summed E-state index contributed by atoms with van der Waals surface area (Å²) in [6.07, 6.45) is 3.61. The third kappa shape index (κ3) is 6.55. The lowest BCUT2D eigenvalue weighted by Crippen LogP contribution is -2.42. The maximum absolute atomic E-state index is 14.1. The Bertz CT molecular complexity index is 1250. The standard InChI is InChI=1S/C26H26FNO5S2/c1-15-21(11-17-5-8-19(9-6-17)35(4)32)20-10-7-18(27)12-23(20)22(15)13-25(30)34-14-24(26(31)33-3)28-16(2)29/h5-12,24H,13-14H2,1-4H3,(H,28,29). The first-order valence-corrected chi connectivity index (χ1v) is 13.3. The summed E-state index contributed by atoms with van der Waals surface area (Å²) in [6, 6.07) is 10.9. The third-order valence-corrected chi connectivity index (χ3v) is 7.47. The molecule has 0 aromatic heterocycles. The maximum atomic E-state index is 14.1. The molecule has 0 fully saturated rings. The van der Waals surface area contributed by atoms with Gasteiger partial charge < -0.3 is 10.1 Å². The van der Waals surface area contributed by atoms with Gasteiger partial charge in [-0.15, -0.1) is 0 Å². The molecular formula is C26H26FNO5S2. The van der Waals surface area contributed by atoms with Crippen molar-refractivity contribution in [3.05, 3.63) is 70.5 Å². The number of nitrogens with one attached hydrogen (secondary N) is 1. The van der Waals surface area contributed by atoms with Gasteiger partial charge in [0.05, 0.1) is 7.11 Å². The SMILES string of the molecule is COC(=O)C(CSC(=O)CC1=C(C)C(=Cc2ccc(S(C)=O)cc2)c2ccc(F)cc21)NC(C)=O. The van der Waals surface area contributed by atoms with Crippen LogP contribution >= 0.6 is 11.8 Å². The number of esters is 1. The van der Waals surface area contributed by atoms with Gasteiger partial charge in [-0.1, -0.05) is 30.0 Å². The number of methoxy groups -OCH3 is 1. The first-order chi connectivity index (χ1) is 16.6. The average molecular weight is 516 g/mol. The van der Waals surface area contributed by atoms with Gasteiger partial charge in [0.2, 0.25) is 5.91 Å². The Morgan fingerprint density at radius 3 is 2.43 bits per heavy atom. The van der Waals surface area contributed by atoms with E-state index >= 15 is 0 Å². The summed E-state index contributed by atoms with van der Waals surface area (Å²) in [5.41, 5.74) is 4.81. The van der Waals surface area contributed by atoms with Gasteiger partial charge in [-0.05, 0) is 70.7 Å². The average Bonchev–Trinajstić information content (AvgIpc) is 3.06. The van der Waals surface area contributed by atoms with Crippen LogP contribution in [-0.2, 0) is 29.9 Å². The topological polar surface area (TPSA) is 89.5 Å². The predicted molar refractivity (Wildman–Crippen MR) is 137 cm³/mol. The first-order valence-electron chi connectivity index (χ1n) is 10.8. The molecule has 0 bridgehead atoms. The van der Waals surface area contributed by atoms with Crippen molar-refractivity contribution < 1.29 is 27.7 Å². The molecule has 9 heteroatoms. The van der Waals surface area contributed by atoms with Crippen molar-refractivity contribution in [3.8, 4) is 0 Å². The molecule has 0 radical (unpaired) electrons. The molecule has 2 atom stereocenters. The highest BCUT2D eigenvalue weighted by Crippen LogP contribution is 2.44. The molecule has 1 amide bonds. The van der Waals surface area contributed by atoms with E-state index in [1.807, 2.05) is 25.1 Å². The summed E-state index contributed by atoms with van der Waals surface area (Å²) in [5, 5.41) is 2.26. The summed E-state index contributed by atoms with van der Waals surface area (Å²) in [7, 11) is 0.137. The Kier molecular flexibility index (Phi) is 8.80. The van der Waals surface area contributed by atoms with Crippen LogP contribution in [0.15, 0.2) is 52.9 Å². The van der Waals surface area contributed by atoms with E-state index in [0.29, 0.717) is 11.1 Å². The fourth-order valence-corrected chi connectivity index (χ4v) is 5.17. The molecule has 1 N–H and O–H groups in total. The minimum Gasteiger partial charge on any atom is -0.467 e. The van der Waals surface area contributed by atoms with Gasteiger partial charge in [-0.3, -0.25) is 13.8 Å². The van der Waals surface area contributed by atoms with Crippen molar-refractivity contribution >= 4 is 56.8 Å². The quantitative estimate of drug-likeness (QED) is 0.530. The van der Waals surface area contributed by atoms with E-state index in [9.17, 15) is 23.0 Å². The number of halogens is 1. The van der Waals surface area contributed by atoms with Crippen LogP contribution in [-0.4, -0.2) is 46.4 Å². The van der Waals surface area contributed by atoms with Crippen molar-refractivity contribution in [1.29, 1.82) is 0 Å². The number of ether oxygens (including phenoxy) is 1. The van der Waals surface area contributed by atoms with Crippen LogP contribution < -0.4 is 5.32 Å². The van der Waals surface area contributed by atoms with Gasteiger partial charge in [0.1, 0.15) is 11.9 Å². The highest BCUT2D eigenvalue weighted by Gasteiger charge is 2.27. The van der Waals surface area contributed by atoms with Crippen molar-refractivity contribution in [3.63, 3.8) is 0 Å². The number of carbonyl (C=O) groups is 3. The minimum absolute atomic E-state index is 0.0290. The van der Waals surface area contributed by atoms with E-state index < -0.39 is 34.5 Å². The largest absolute Gasteiger partial charge is 0.467 e. The molecule has 2 unspecified atom stereocenters. The van der Waals surface area contributed by atoms with Crippen LogP contribution in [0.25, 0.3) is 17.2 Å². The Morgan fingerprint density at radius 2 is 1.83 bits per heavy atom. The van der Waals surface area contributed by atoms with Crippen LogP contribution in [0, 0.1) is 5.82 Å². The lowest BCUT2D eigenvalue weighted by Gasteiger charge is -2.14. The second kappa shape index (κ2) is 11.6. The van der Waals surface area contributed by atoms with Gasteiger partial charge in [0, 0.05) is 41.0 Å². The number of hydrogen-bond donors (Lipinski definition) is 1. The smallest absolute Gasteiger partial charge is 0.329 e. The van der Waals surface area contributed by atoms with E-state index in [4.69, 9.17) is 4.74 Å². The van der Waals surface area contributed by atoms with Crippen LogP contribution in [0.2, 0.25) is 0 Å². The number of amides is 1. The van der Waals surface area contributed by atoms with Gasteiger partial charge in [0.15, 0.2) is 5.12 Å². The van der Waals surface area contributed by atoms with Gasteiger partial charge in [-0.25, -0.2) is 9.18 Å². The molecule has 0 saturated carbocycles. The van der Waals surface area contributed by atoms with E-state index in [1.165, 1.54) is 26.2 Å². The number of hydrogen-bond acceptors (Lipinski definition) is 6. The second-order valence-corrected chi connectivity index (χ2v) is 10.5. The zero-order valence-electron chi connectivity index (χ0n) is 19.8. The number of thioether (sulfide) groups is 1. The number of fused-ring (bicyclic) bond motifs is 1. The molecule has 184 valence electrons. The number of carbonyl (C=O) groups excluding carboxylic acids is 3. The first kappa shape index (κ1) is 26.6. The van der Waals surface area contributed by atoms with Crippen molar-refractivity contribution in [2.24, 2.45) is 0 Å². The van der Waals surface area contributed by atoms with Crippen molar-refractivity contribution in [2.45, 2.75) is 31.2 Å². The second-order valence-electron chi connectivity index (χ2n) is 8.01. The normalized spacial score (nSPS) is 15.5. The molecule has 0 aliphatic heterocycles. The highest BCUT2D eigenvalue weighted by atomic mass is 32.2. The van der Waals surface area contributed by atoms with Gasteiger partial charge in [-0.2, -0.15) is 0 Å². The highest BCUT2D eigenvalue weighted by molar-refractivity contribution is 8.13. The number of benzene rings is 2. The minimum atomic E-state index is -1.08. The van der Waals surface area contributed by atoms with Crippen LogP contribution in [0.3, 0.4) is 0 Å². The molecule has 0 heterocycles. The Hall–Kier alpha value is -3.04. The summed E-state index contributed by atoms with van der Waals surface area (Å²) < 4.78 is 30.5. The Labute approximate surface area is 210 Å². The van der Waals surface area contributed by atoms with E-state index in [-0.39, 0.29) is 17.3 Å².